The van der Waals surface area contributed by atoms with Gasteiger partial charge in [0.1, 0.15) is 17.2 Å². The van der Waals surface area contributed by atoms with Gasteiger partial charge in [-0.25, -0.2) is 9.37 Å². The summed E-state index contributed by atoms with van der Waals surface area (Å²) in [6.07, 6.45) is 1.80. The van der Waals surface area contributed by atoms with Crippen LogP contribution < -0.4 is 5.32 Å². The van der Waals surface area contributed by atoms with Gasteiger partial charge in [0.05, 0.1) is 5.69 Å². The van der Waals surface area contributed by atoms with Crippen LogP contribution in [0.4, 0.5) is 10.1 Å². The van der Waals surface area contributed by atoms with E-state index >= 15 is 0 Å². The van der Waals surface area contributed by atoms with Gasteiger partial charge in [0, 0.05) is 17.4 Å². The Morgan fingerprint density at radius 2 is 1.88 bits per heavy atom. The van der Waals surface area contributed by atoms with Gasteiger partial charge < -0.3 is 5.32 Å². The molecule has 3 aromatic rings. The topological polar surface area (TPSA) is 63.5 Å². The monoisotopic (exact) mass is 325 g/mol. The molecule has 0 radical (unpaired) electrons. The number of carbonyl (C=O) groups is 2. The van der Waals surface area contributed by atoms with Crippen molar-refractivity contribution in [3.8, 4) is 0 Å². The van der Waals surface area contributed by atoms with Crippen LogP contribution in [0.25, 0.3) is 5.65 Å². The third kappa shape index (κ3) is 2.90. The Morgan fingerprint density at radius 1 is 1.17 bits per heavy atom. The molecule has 122 valence electrons. The molecule has 5 nitrogen and oxygen atoms in total. The van der Waals surface area contributed by atoms with Crippen molar-refractivity contribution in [2.45, 2.75) is 20.3 Å². The zero-order valence-electron chi connectivity index (χ0n) is 13.3. The molecule has 2 heterocycles. The van der Waals surface area contributed by atoms with Crippen LogP contribution in [0.3, 0.4) is 0 Å². The van der Waals surface area contributed by atoms with Gasteiger partial charge in [-0.1, -0.05) is 6.92 Å². The molecule has 0 saturated carbocycles. The number of imidazole rings is 1. The fourth-order valence-electron chi connectivity index (χ4n) is 2.53. The third-order valence-corrected chi connectivity index (χ3v) is 3.75. The predicted molar refractivity (Wildman–Crippen MR) is 88.9 cm³/mol. The van der Waals surface area contributed by atoms with Crippen molar-refractivity contribution >= 4 is 23.0 Å². The number of aromatic nitrogens is 2. The Labute approximate surface area is 138 Å². The Bertz CT molecular complexity index is 929. The summed E-state index contributed by atoms with van der Waals surface area (Å²) in [5.74, 6) is -0.860. The van der Waals surface area contributed by atoms with Crippen molar-refractivity contribution in [1.82, 2.24) is 9.38 Å². The molecule has 0 bridgehead atoms. The van der Waals surface area contributed by atoms with E-state index in [0.717, 1.165) is 0 Å². The fraction of sp³-hybridized carbons (Fsp3) is 0.167. The minimum atomic E-state index is -0.442. The van der Waals surface area contributed by atoms with Gasteiger partial charge in [-0.2, -0.15) is 0 Å². The van der Waals surface area contributed by atoms with Crippen molar-refractivity contribution in [1.29, 1.82) is 0 Å². The first-order valence-corrected chi connectivity index (χ1v) is 7.58. The molecule has 2 aromatic heterocycles. The Hall–Kier alpha value is -3.02. The first-order chi connectivity index (χ1) is 11.5. The standard InChI is InChI=1S/C18H16FN3O2/c1-3-15-17(22-10-13(19)6-9-16(22)21-15)18(24)20-14-7-4-12(5-8-14)11(2)23/h4-10H,3H2,1-2H3,(H,20,24). The number of carbonyl (C=O) groups excluding carboxylic acids is 2. The van der Waals surface area contributed by atoms with Gasteiger partial charge in [0.25, 0.3) is 5.91 Å². The number of nitrogens with zero attached hydrogens (tertiary/aromatic N) is 2. The summed E-state index contributed by atoms with van der Waals surface area (Å²) in [6.45, 7) is 3.37. The summed E-state index contributed by atoms with van der Waals surface area (Å²) in [6, 6.07) is 9.45. The summed E-state index contributed by atoms with van der Waals surface area (Å²) in [5, 5.41) is 2.76. The molecule has 0 unspecified atom stereocenters. The number of benzene rings is 1. The van der Waals surface area contributed by atoms with Crippen LogP contribution in [0.15, 0.2) is 42.6 Å². The summed E-state index contributed by atoms with van der Waals surface area (Å²) in [5.41, 5.74) is 2.55. The largest absolute Gasteiger partial charge is 0.321 e. The van der Waals surface area contributed by atoms with Gasteiger partial charge in [0.15, 0.2) is 5.78 Å². The lowest BCUT2D eigenvalue weighted by Crippen LogP contribution is -2.16. The average Bonchev–Trinajstić information content (AvgIpc) is 2.93. The normalized spacial score (nSPS) is 10.8. The molecule has 1 amide bonds. The lowest BCUT2D eigenvalue weighted by atomic mass is 10.1. The molecule has 0 aliphatic carbocycles. The van der Waals surface area contributed by atoms with Gasteiger partial charge in [-0.15, -0.1) is 0 Å². The number of aryl methyl sites for hydroxylation is 1. The lowest BCUT2D eigenvalue weighted by molar-refractivity contribution is 0.101. The number of hydrogen-bond acceptors (Lipinski definition) is 3. The molecule has 0 aliphatic rings. The number of halogens is 1. The molecule has 0 saturated heterocycles. The van der Waals surface area contributed by atoms with Crippen molar-refractivity contribution in [3.05, 3.63) is 65.4 Å². The molecule has 1 N–H and O–H groups in total. The van der Waals surface area contributed by atoms with Crippen LogP contribution in [-0.2, 0) is 6.42 Å². The number of amides is 1. The highest BCUT2D eigenvalue weighted by Gasteiger charge is 2.18. The van der Waals surface area contributed by atoms with E-state index in [0.29, 0.717) is 34.7 Å². The summed E-state index contributed by atoms with van der Waals surface area (Å²) in [4.78, 5) is 28.3. The zero-order valence-corrected chi connectivity index (χ0v) is 13.3. The molecular weight excluding hydrogens is 309 g/mol. The van der Waals surface area contributed by atoms with Crippen molar-refractivity contribution in [2.75, 3.05) is 5.32 Å². The number of Topliss-reactive ketones (excluding diaryl/α,β-unsaturated/α-hetero) is 1. The first kappa shape index (κ1) is 15.9. The van der Waals surface area contributed by atoms with Gasteiger partial charge in [-0.05, 0) is 49.7 Å². The third-order valence-electron chi connectivity index (χ3n) is 3.75. The maximum absolute atomic E-state index is 13.5. The Balaban J connectivity index is 1.96. The van der Waals surface area contributed by atoms with Crippen molar-refractivity contribution < 1.29 is 14.0 Å². The fourth-order valence-corrected chi connectivity index (χ4v) is 2.53. The molecule has 3 rings (SSSR count). The van der Waals surface area contributed by atoms with E-state index in [4.69, 9.17) is 0 Å². The maximum Gasteiger partial charge on any atom is 0.274 e. The molecule has 0 atom stereocenters. The van der Waals surface area contributed by atoms with E-state index < -0.39 is 5.82 Å². The van der Waals surface area contributed by atoms with Crippen LogP contribution in [0, 0.1) is 5.82 Å². The minimum Gasteiger partial charge on any atom is -0.321 e. The van der Waals surface area contributed by atoms with E-state index in [-0.39, 0.29) is 11.7 Å². The Kier molecular flexibility index (Phi) is 4.12. The van der Waals surface area contributed by atoms with Gasteiger partial charge in [-0.3, -0.25) is 14.0 Å². The summed E-state index contributed by atoms with van der Waals surface area (Å²) >= 11 is 0. The highest BCUT2D eigenvalue weighted by molar-refractivity contribution is 6.04. The maximum atomic E-state index is 13.5. The van der Waals surface area contributed by atoms with Gasteiger partial charge >= 0.3 is 0 Å². The lowest BCUT2D eigenvalue weighted by Gasteiger charge is -2.07. The van der Waals surface area contributed by atoms with Crippen LogP contribution in [0.2, 0.25) is 0 Å². The number of nitrogens with one attached hydrogen (secondary N) is 1. The van der Waals surface area contributed by atoms with Crippen LogP contribution in [0.1, 0.15) is 40.4 Å². The molecule has 0 aliphatic heterocycles. The first-order valence-electron chi connectivity index (χ1n) is 7.58. The van der Waals surface area contributed by atoms with Gasteiger partial charge in [0.2, 0.25) is 0 Å². The number of fused-ring (bicyclic) bond motifs is 1. The number of pyridine rings is 1. The second-order valence-corrected chi connectivity index (χ2v) is 5.42. The molecule has 0 spiro atoms. The molecular formula is C18H16FN3O2. The van der Waals surface area contributed by atoms with Crippen LogP contribution >= 0.6 is 0 Å². The zero-order chi connectivity index (χ0) is 17.3. The number of ketones is 1. The highest BCUT2D eigenvalue weighted by Crippen LogP contribution is 2.17. The molecule has 1 aromatic carbocycles. The second kappa shape index (κ2) is 6.23. The second-order valence-electron chi connectivity index (χ2n) is 5.42. The summed E-state index contributed by atoms with van der Waals surface area (Å²) < 4.78 is 15.0. The average molecular weight is 325 g/mol. The minimum absolute atomic E-state index is 0.0431. The van der Waals surface area contributed by atoms with E-state index in [9.17, 15) is 14.0 Å². The van der Waals surface area contributed by atoms with Crippen LogP contribution in [-0.4, -0.2) is 21.1 Å². The highest BCUT2D eigenvalue weighted by atomic mass is 19.1. The predicted octanol–water partition coefficient (Wildman–Crippen LogP) is 3.49. The number of rotatable bonds is 4. The molecule has 0 fully saturated rings. The van der Waals surface area contributed by atoms with E-state index in [1.165, 1.54) is 29.7 Å². The quantitative estimate of drug-likeness (QED) is 0.747. The number of anilines is 1. The Morgan fingerprint density at radius 3 is 2.50 bits per heavy atom. The van der Waals surface area contributed by atoms with Crippen molar-refractivity contribution in [3.63, 3.8) is 0 Å². The smallest absolute Gasteiger partial charge is 0.274 e. The van der Waals surface area contributed by atoms with E-state index in [1.54, 1.807) is 24.3 Å². The number of hydrogen-bond donors (Lipinski definition) is 1. The van der Waals surface area contributed by atoms with Crippen molar-refractivity contribution in [2.24, 2.45) is 0 Å². The summed E-state index contributed by atoms with van der Waals surface area (Å²) in [7, 11) is 0. The van der Waals surface area contributed by atoms with E-state index in [1.807, 2.05) is 6.92 Å². The molecule has 24 heavy (non-hydrogen) atoms. The van der Waals surface area contributed by atoms with Crippen LogP contribution in [0.5, 0.6) is 0 Å². The van der Waals surface area contributed by atoms with E-state index in [2.05, 4.69) is 10.3 Å². The molecule has 6 heteroatoms. The SMILES string of the molecule is CCc1nc2ccc(F)cn2c1C(=O)Nc1ccc(C(C)=O)cc1.